The molecule has 0 radical (unpaired) electrons. The number of likely N-dealkylation sites (tertiary alicyclic amines) is 1. The van der Waals surface area contributed by atoms with Crippen LogP contribution < -0.4 is 0 Å². The normalized spacial score (nSPS) is 24.6. The average molecular weight is 213 g/mol. The molecule has 1 unspecified atom stereocenters. The maximum atomic E-state index is 11.7. The van der Waals surface area contributed by atoms with E-state index >= 15 is 0 Å². The molecule has 1 amide bonds. The first-order valence-corrected chi connectivity index (χ1v) is 5.27. The molecule has 0 aromatic rings. The summed E-state index contributed by atoms with van der Waals surface area (Å²) in [6, 6.07) is 0. The lowest BCUT2D eigenvalue weighted by Gasteiger charge is -2.22. The van der Waals surface area contributed by atoms with Crippen LogP contribution in [0, 0.1) is 17.3 Å². The van der Waals surface area contributed by atoms with Gasteiger partial charge in [-0.25, -0.2) is 0 Å². The van der Waals surface area contributed by atoms with Gasteiger partial charge in [-0.05, 0) is 5.41 Å². The molecule has 0 bridgehead atoms. The van der Waals surface area contributed by atoms with Crippen molar-refractivity contribution in [2.45, 2.75) is 27.7 Å². The van der Waals surface area contributed by atoms with Crippen LogP contribution in [0.5, 0.6) is 0 Å². The molecule has 1 fully saturated rings. The van der Waals surface area contributed by atoms with Gasteiger partial charge < -0.3 is 10.0 Å². The van der Waals surface area contributed by atoms with E-state index in [-0.39, 0.29) is 17.2 Å². The Bertz CT molecular complexity index is 284. The van der Waals surface area contributed by atoms with Crippen LogP contribution in [0.25, 0.3) is 0 Å². The smallest absolute Gasteiger partial charge is 0.308 e. The van der Waals surface area contributed by atoms with E-state index in [4.69, 9.17) is 5.11 Å². The van der Waals surface area contributed by atoms with Gasteiger partial charge in [-0.1, -0.05) is 27.7 Å². The standard InChI is InChI=1S/C11H19NO3/c1-7(2)9(13)12-5-8(10(14)15)11(3,4)6-12/h7-8H,5-6H2,1-4H3,(H,14,15). The molecule has 0 aromatic carbocycles. The van der Waals surface area contributed by atoms with Crippen LogP contribution >= 0.6 is 0 Å². The molecule has 4 heteroatoms. The lowest BCUT2D eigenvalue weighted by Crippen LogP contribution is -2.33. The molecule has 0 aliphatic carbocycles. The van der Waals surface area contributed by atoms with Gasteiger partial charge in [-0.3, -0.25) is 9.59 Å². The molecule has 1 aliphatic rings. The van der Waals surface area contributed by atoms with E-state index in [1.165, 1.54) is 0 Å². The minimum absolute atomic E-state index is 0.0480. The fourth-order valence-electron chi connectivity index (χ4n) is 2.08. The molecule has 0 spiro atoms. The van der Waals surface area contributed by atoms with Gasteiger partial charge in [-0.2, -0.15) is 0 Å². The molecule has 15 heavy (non-hydrogen) atoms. The number of carbonyl (C=O) groups excluding carboxylic acids is 1. The maximum Gasteiger partial charge on any atom is 0.308 e. The van der Waals surface area contributed by atoms with E-state index in [1.807, 2.05) is 27.7 Å². The summed E-state index contributed by atoms with van der Waals surface area (Å²) >= 11 is 0. The van der Waals surface area contributed by atoms with E-state index in [1.54, 1.807) is 4.90 Å². The Morgan fingerprint density at radius 2 is 1.93 bits per heavy atom. The Morgan fingerprint density at radius 1 is 1.40 bits per heavy atom. The van der Waals surface area contributed by atoms with Crippen molar-refractivity contribution in [3.05, 3.63) is 0 Å². The number of rotatable bonds is 2. The molecule has 1 atom stereocenters. The molecular formula is C11H19NO3. The Kier molecular flexibility index (Phi) is 3.07. The van der Waals surface area contributed by atoms with Crippen molar-refractivity contribution >= 4 is 11.9 Å². The van der Waals surface area contributed by atoms with Crippen molar-refractivity contribution in [3.63, 3.8) is 0 Å². The number of hydrogen-bond donors (Lipinski definition) is 1. The van der Waals surface area contributed by atoms with Crippen LogP contribution in [-0.2, 0) is 9.59 Å². The molecule has 0 saturated carbocycles. The van der Waals surface area contributed by atoms with E-state index in [9.17, 15) is 9.59 Å². The van der Waals surface area contributed by atoms with Crippen LogP contribution in [0.3, 0.4) is 0 Å². The minimum Gasteiger partial charge on any atom is -0.481 e. The Labute approximate surface area is 90.3 Å². The highest BCUT2D eigenvalue weighted by Crippen LogP contribution is 2.35. The highest BCUT2D eigenvalue weighted by molar-refractivity contribution is 5.80. The second kappa shape index (κ2) is 3.83. The second-order valence-electron chi connectivity index (χ2n) is 5.25. The van der Waals surface area contributed by atoms with Gasteiger partial charge in [0.25, 0.3) is 0 Å². The predicted molar refractivity (Wildman–Crippen MR) is 56.3 cm³/mol. The number of aliphatic carboxylic acids is 1. The van der Waals surface area contributed by atoms with E-state index in [0.29, 0.717) is 13.1 Å². The van der Waals surface area contributed by atoms with Gasteiger partial charge in [0.15, 0.2) is 0 Å². The first kappa shape index (κ1) is 12.0. The Morgan fingerprint density at radius 3 is 2.27 bits per heavy atom. The average Bonchev–Trinajstić information content (AvgIpc) is 2.39. The van der Waals surface area contributed by atoms with Crippen LogP contribution in [-0.4, -0.2) is 35.0 Å². The maximum absolute atomic E-state index is 11.7. The SMILES string of the molecule is CC(C)C(=O)N1CC(C(=O)O)C(C)(C)C1. The predicted octanol–water partition coefficient (Wildman–Crippen LogP) is 1.21. The van der Waals surface area contributed by atoms with Crippen LogP contribution in [0.4, 0.5) is 0 Å². The number of carboxylic acid groups (broad SMARTS) is 1. The van der Waals surface area contributed by atoms with Crippen LogP contribution in [0.2, 0.25) is 0 Å². The number of amides is 1. The zero-order chi connectivity index (χ0) is 11.8. The molecule has 1 rings (SSSR count). The summed E-state index contributed by atoms with van der Waals surface area (Å²) in [6.07, 6.45) is 0. The van der Waals surface area contributed by atoms with E-state index < -0.39 is 11.9 Å². The first-order valence-electron chi connectivity index (χ1n) is 5.27. The van der Waals surface area contributed by atoms with Crippen molar-refractivity contribution in [1.29, 1.82) is 0 Å². The zero-order valence-corrected chi connectivity index (χ0v) is 9.78. The fraction of sp³-hybridized carbons (Fsp3) is 0.818. The number of hydrogen-bond acceptors (Lipinski definition) is 2. The summed E-state index contributed by atoms with van der Waals surface area (Å²) in [4.78, 5) is 24.4. The highest BCUT2D eigenvalue weighted by Gasteiger charge is 2.45. The third-order valence-corrected chi connectivity index (χ3v) is 3.05. The Hall–Kier alpha value is -1.06. The van der Waals surface area contributed by atoms with Crippen molar-refractivity contribution in [2.24, 2.45) is 17.3 Å². The molecular weight excluding hydrogens is 194 g/mol. The number of nitrogens with zero attached hydrogens (tertiary/aromatic N) is 1. The summed E-state index contributed by atoms with van der Waals surface area (Å²) in [5, 5.41) is 9.05. The van der Waals surface area contributed by atoms with E-state index in [2.05, 4.69) is 0 Å². The lowest BCUT2D eigenvalue weighted by atomic mass is 9.82. The minimum atomic E-state index is -0.806. The molecule has 1 N–H and O–H groups in total. The van der Waals surface area contributed by atoms with Gasteiger partial charge in [0.1, 0.15) is 0 Å². The molecule has 1 aliphatic heterocycles. The fourth-order valence-corrected chi connectivity index (χ4v) is 2.08. The summed E-state index contributed by atoms with van der Waals surface area (Å²) in [5.74, 6) is -1.26. The van der Waals surface area contributed by atoms with Crippen molar-refractivity contribution in [2.75, 3.05) is 13.1 Å². The van der Waals surface area contributed by atoms with Gasteiger partial charge in [0, 0.05) is 19.0 Å². The summed E-state index contributed by atoms with van der Waals surface area (Å²) < 4.78 is 0. The molecule has 4 nitrogen and oxygen atoms in total. The number of carbonyl (C=O) groups is 2. The van der Waals surface area contributed by atoms with Gasteiger partial charge >= 0.3 is 5.97 Å². The van der Waals surface area contributed by atoms with Crippen molar-refractivity contribution in [1.82, 2.24) is 4.90 Å². The molecule has 86 valence electrons. The molecule has 0 aromatic heterocycles. The van der Waals surface area contributed by atoms with Crippen molar-refractivity contribution in [3.8, 4) is 0 Å². The van der Waals surface area contributed by atoms with Gasteiger partial charge in [-0.15, -0.1) is 0 Å². The third kappa shape index (κ3) is 2.30. The van der Waals surface area contributed by atoms with Crippen LogP contribution in [0.1, 0.15) is 27.7 Å². The van der Waals surface area contributed by atoms with Gasteiger partial charge in [0.05, 0.1) is 5.92 Å². The monoisotopic (exact) mass is 213 g/mol. The topological polar surface area (TPSA) is 57.6 Å². The summed E-state index contributed by atoms with van der Waals surface area (Å²) in [6.45, 7) is 8.37. The van der Waals surface area contributed by atoms with E-state index in [0.717, 1.165) is 0 Å². The lowest BCUT2D eigenvalue weighted by molar-refractivity contribution is -0.144. The van der Waals surface area contributed by atoms with Gasteiger partial charge in [0.2, 0.25) is 5.91 Å². The molecule has 1 saturated heterocycles. The summed E-state index contributed by atoms with van der Waals surface area (Å²) in [5.41, 5.74) is -0.323. The van der Waals surface area contributed by atoms with Crippen molar-refractivity contribution < 1.29 is 14.7 Å². The Balaban J connectivity index is 2.78. The number of carboxylic acids is 1. The van der Waals surface area contributed by atoms with Crippen LogP contribution in [0.15, 0.2) is 0 Å². The quantitative estimate of drug-likeness (QED) is 0.750. The largest absolute Gasteiger partial charge is 0.481 e. The first-order chi connectivity index (χ1) is 6.75. The molecule has 1 heterocycles. The third-order valence-electron chi connectivity index (χ3n) is 3.05. The summed E-state index contributed by atoms with van der Waals surface area (Å²) in [7, 11) is 0. The second-order valence-corrected chi connectivity index (χ2v) is 5.25. The zero-order valence-electron chi connectivity index (χ0n) is 9.78. The highest BCUT2D eigenvalue weighted by atomic mass is 16.4.